The summed E-state index contributed by atoms with van der Waals surface area (Å²) in [5, 5.41) is 0. The van der Waals surface area contributed by atoms with Gasteiger partial charge in [0.2, 0.25) is 0 Å². The fraction of sp³-hybridized carbons (Fsp3) is 0.571. The quantitative estimate of drug-likeness (QED) is 0.747. The Morgan fingerprint density at radius 1 is 1.17 bits per heavy atom. The van der Waals surface area contributed by atoms with Crippen LogP contribution < -0.4 is 9.64 Å². The van der Waals surface area contributed by atoms with E-state index in [0.717, 1.165) is 32.1 Å². The first-order valence-electron chi connectivity index (χ1n) is 6.36. The molecule has 4 nitrogen and oxygen atoms in total. The molecular weight excluding hydrogens is 230 g/mol. The lowest BCUT2D eigenvalue weighted by Gasteiger charge is -2.29. The maximum atomic E-state index is 5.68. The number of aryl methyl sites for hydroxylation is 1. The largest absolute Gasteiger partial charge is 0.491 e. The van der Waals surface area contributed by atoms with Crippen molar-refractivity contribution in [3.8, 4) is 5.75 Å². The summed E-state index contributed by atoms with van der Waals surface area (Å²) in [7, 11) is 1.68. The first-order chi connectivity index (χ1) is 8.79. The van der Waals surface area contributed by atoms with Gasteiger partial charge >= 0.3 is 0 Å². The van der Waals surface area contributed by atoms with Crippen molar-refractivity contribution in [2.75, 3.05) is 51.5 Å². The van der Waals surface area contributed by atoms with Crippen LogP contribution in [0.25, 0.3) is 0 Å². The molecule has 0 saturated carbocycles. The van der Waals surface area contributed by atoms with Gasteiger partial charge in [0.1, 0.15) is 12.4 Å². The van der Waals surface area contributed by atoms with Crippen LogP contribution in [0.2, 0.25) is 0 Å². The summed E-state index contributed by atoms with van der Waals surface area (Å²) in [5.74, 6) is 0.911. The van der Waals surface area contributed by atoms with E-state index in [4.69, 9.17) is 14.2 Å². The predicted octanol–water partition coefficient (Wildman–Crippen LogP) is 1.86. The number of rotatable bonds is 5. The lowest BCUT2D eigenvalue weighted by Crippen LogP contribution is -2.36. The highest BCUT2D eigenvalue weighted by Gasteiger charge is 2.12. The van der Waals surface area contributed by atoms with Gasteiger partial charge in [0.05, 0.1) is 19.8 Å². The molecule has 0 amide bonds. The molecule has 0 aromatic heterocycles. The molecule has 4 heteroatoms. The molecule has 0 unspecified atom stereocenters. The molecule has 0 N–H and O–H groups in total. The average molecular weight is 251 g/mol. The van der Waals surface area contributed by atoms with Crippen molar-refractivity contribution >= 4 is 5.69 Å². The van der Waals surface area contributed by atoms with Crippen molar-refractivity contribution in [1.82, 2.24) is 0 Å². The third-order valence-corrected chi connectivity index (χ3v) is 2.97. The maximum Gasteiger partial charge on any atom is 0.121 e. The average Bonchev–Trinajstić information content (AvgIpc) is 2.39. The van der Waals surface area contributed by atoms with Crippen LogP contribution in [-0.4, -0.2) is 46.6 Å². The zero-order valence-electron chi connectivity index (χ0n) is 11.1. The number of methoxy groups -OCH3 is 1. The summed E-state index contributed by atoms with van der Waals surface area (Å²) < 4.78 is 16.0. The Morgan fingerprint density at radius 3 is 2.67 bits per heavy atom. The summed E-state index contributed by atoms with van der Waals surface area (Å²) in [6.07, 6.45) is 0. The van der Waals surface area contributed by atoms with Crippen molar-refractivity contribution in [3.63, 3.8) is 0 Å². The second-order valence-electron chi connectivity index (χ2n) is 4.44. The van der Waals surface area contributed by atoms with Crippen LogP contribution in [0.5, 0.6) is 5.75 Å². The van der Waals surface area contributed by atoms with E-state index in [2.05, 4.69) is 30.0 Å². The van der Waals surface area contributed by atoms with Crippen molar-refractivity contribution < 1.29 is 14.2 Å². The first-order valence-corrected chi connectivity index (χ1v) is 6.36. The minimum absolute atomic E-state index is 0.586. The fourth-order valence-corrected chi connectivity index (χ4v) is 2.06. The maximum absolute atomic E-state index is 5.68. The van der Waals surface area contributed by atoms with Crippen LogP contribution >= 0.6 is 0 Å². The highest BCUT2D eigenvalue weighted by Crippen LogP contribution is 2.24. The number of nitrogens with zero attached hydrogens (tertiary/aromatic N) is 1. The van der Waals surface area contributed by atoms with Gasteiger partial charge in [0, 0.05) is 32.0 Å². The van der Waals surface area contributed by atoms with Gasteiger partial charge in [0.25, 0.3) is 0 Å². The molecule has 2 rings (SSSR count). The Hall–Kier alpha value is -1.26. The minimum Gasteiger partial charge on any atom is -0.491 e. The summed E-state index contributed by atoms with van der Waals surface area (Å²) in [6, 6.07) is 6.34. The standard InChI is InChI=1S/C14H21NO3/c1-12-9-13(15-3-5-17-6-4-15)11-14(10-12)18-8-7-16-2/h9-11H,3-8H2,1-2H3. The molecule has 1 aromatic rings. The van der Waals surface area contributed by atoms with Crippen LogP contribution in [0.15, 0.2) is 18.2 Å². The molecule has 0 atom stereocenters. The molecule has 1 fully saturated rings. The molecule has 1 aromatic carbocycles. The molecule has 1 heterocycles. The zero-order chi connectivity index (χ0) is 12.8. The van der Waals surface area contributed by atoms with Crippen molar-refractivity contribution in [3.05, 3.63) is 23.8 Å². The number of benzene rings is 1. The highest BCUT2D eigenvalue weighted by molar-refractivity contribution is 5.53. The third kappa shape index (κ3) is 3.62. The van der Waals surface area contributed by atoms with E-state index in [9.17, 15) is 0 Å². The normalized spacial score (nSPS) is 15.8. The van der Waals surface area contributed by atoms with E-state index in [1.165, 1.54) is 11.3 Å². The lowest BCUT2D eigenvalue weighted by atomic mass is 10.2. The van der Waals surface area contributed by atoms with Gasteiger partial charge in [-0.3, -0.25) is 0 Å². The number of morpholine rings is 1. The van der Waals surface area contributed by atoms with E-state index in [1.54, 1.807) is 7.11 Å². The second kappa shape index (κ2) is 6.61. The van der Waals surface area contributed by atoms with E-state index < -0.39 is 0 Å². The second-order valence-corrected chi connectivity index (χ2v) is 4.44. The number of anilines is 1. The minimum atomic E-state index is 0.586. The Kier molecular flexibility index (Phi) is 4.84. The lowest BCUT2D eigenvalue weighted by molar-refractivity contribution is 0.122. The van der Waals surface area contributed by atoms with Gasteiger partial charge in [-0.05, 0) is 24.6 Å². The summed E-state index contributed by atoms with van der Waals surface area (Å²) in [6.45, 7) is 6.78. The Balaban J connectivity index is 2.05. The molecule has 1 aliphatic rings. The Bertz CT molecular complexity index is 375. The molecular formula is C14H21NO3. The first kappa shape index (κ1) is 13.2. The zero-order valence-corrected chi connectivity index (χ0v) is 11.1. The third-order valence-electron chi connectivity index (χ3n) is 2.97. The van der Waals surface area contributed by atoms with Gasteiger partial charge in [-0.1, -0.05) is 0 Å². The summed E-state index contributed by atoms with van der Waals surface area (Å²) >= 11 is 0. The Morgan fingerprint density at radius 2 is 1.94 bits per heavy atom. The van der Waals surface area contributed by atoms with E-state index in [-0.39, 0.29) is 0 Å². The summed E-state index contributed by atoms with van der Waals surface area (Å²) in [5.41, 5.74) is 2.43. The van der Waals surface area contributed by atoms with E-state index >= 15 is 0 Å². The fourth-order valence-electron chi connectivity index (χ4n) is 2.06. The molecule has 0 bridgehead atoms. The number of hydrogen-bond acceptors (Lipinski definition) is 4. The number of hydrogen-bond donors (Lipinski definition) is 0. The van der Waals surface area contributed by atoms with Crippen molar-refractivity contribution in [1.29, 1.82) is 0 Å². The molecule has 0 aliphatic carbocycles. The van der Waals surface area contributed by atoms with Crippen molar-refractivity contribution in [2.24, 2.45) is 0 Å². The van der Waals surface area contributed by atoms with Gasteiger partial charge in [-0.15, -0.1) is 0 Å². The predicted molar refractivity (Wildman–Crippen MR) is 71.6 cm³/mol. The van der Waals surface area contributed by atoms with Crippen LogP contribution in [0.3, 0.4) is 0 Å². The smallest absolute Gasteiger partial charge is 0.121 e. The van der Waals surface area contributed by atoms with Crippen LogP contribution in [-0.2, 0) is 9.47 Å². The molecule has 0 radical (unpaired) electrons. The molecule has 1 saturated heterocycles. The molecule has 18 heavy (non-hydrogen) atoms. The van der Waals surface area contributed by atoms with E-state index in [0.29, 0.717) is 13.2 Å². The van der Waals surface area contributed by atoms with Crippen molar-refractivity contribution in [2.45, 2.75) is 6.92 Å². The molecule has 0 spiro atoms. The number of ether oxygens (including phenoxy) is 3. The van der Waals surface area contributed by atoms with E-state index in [1.807, 2.05) is 0 Å². The van der Waals surface area contributed by atoms with Crippen LogP contribution in [0.1, 0.15) is 5.56 Å². The summed E-state index contributed by atoms with van der Waals surface area (Å²) in [4.78, 5) is 2.33. The monoisotopic (exact) mass is 251 g/mol. The van der Waals surface area contributed by atoms with Crippen LogP contribution in [0, 0.1) is 6.92 Å². The highest BCUT2D eigenvalue weighted by atomic mass is 16.5. The Labute approximate surface area is 108 Å². The molecule has 100 valence electrons. The van der Waals surface area contributed by atoms with Crippen LogP contribution in [0.4, 0.5) is 5.69 Å². The van der Waals surface area contributed by atoms with Gasteiger partial charge in [-0.25, -0.2) is 0 Å². The SMILES string of the molecule is COCCOc1cc(C)cc(N2CCOCC2)c1. The van der Waals surface area contributed by atoms with Gasteiger partial charge in [0.15, 0.2) is 0 Å². The molecule has 1 aliphatic heterocycles. The topological polar surface area (TPSA) is 30.9 Å². The van der Waals surface area contributed by atoms with Gasteiger partial charge < -0.3 is 19.1 Å². The van der Waals surface area contributed by atoms with Gasteiger partial charge in [-0.2, -0.15) is 0 Å².